The lowest BCUT2D eigenvalue weighted by atomic mass is 10.2. The zero-order valence-electron chi connectivity index (χ0n) is 11.0. The van der Waals surface area contributed by atoms with Gasteiger partial charge < -0.3 is 14.6 Å². The summed E-state index contributed by atoms with van der Waals surface area (Å²) < 4.78 is 10.4. The number of benzene rings is 1. The van der Waals surface area contributed by atoms with Crippen LogP contribution in [-0.2, 0) is 0 Å². The Morgan fingerprint density at radius 1 is 1.39 bits per heavy atom. The van der Waals surface area contributed by atoms with Gasteiger partial charge in [-0.3, -0.25) is 0 Å². The summed E-state index contributed by atoms with van der Waals surface area (Å²) in [6.07, 6.45) is 0.943. The molecule has 1 unspecified atom stereocenters. The van der Waals surface area contributed by atoms with Crippen LogP contribution in [0.25, 0.3) is 0 Å². The van der Waals surface area contributed by atoms with Crippen LogP contribution in [0.4, 0.5) is 0 Å². The molecule has 1 rings (SSSR count). The van der Waals surface area contributed by atoms with E-state index in [2.05, 4.69) is 6.92 Å². The maximum atomic E-state index is 12.3. The molecular formula is C13H17ClO3P-. The zero-order chi connectivity index (χ0) is 13.7. The summed E-state index contributed by atoms with van der Waals surface area (Å²) >= 11 is 6.04. The van der Waals surface area contributed by atoms with Gasteiger partial charge in [-0.2, -0.15) is 0 Å². The molecule has 0 saturated carbocycles. The summed E-state index contributed by atoms with van der Waals surface area (Å²) in [6.45, 7) is 4.08. The number of halogens is 1. The zero-order valence-corrected chi connectivity index (χ0v) is 12.6. The van der Waals surface area contributed by atoms with E-state index in [9.17, 15) is 5.11 Å². The van der Waals surface area contributed by atoms with E-state index in [-0.39, 0.29) is 5.48 Å². The van der Waals surface area contributed by atoms with Crippen LogP contribution in [0.15, 0.2) is 12.1 Å². The predicted octanol–water partition coefficient (Wildman–Crippen LogP) is 2.94. The second kappa shape index (κ2) is 6.98. The van der Waals surface area contributed by atoms with Crippen LogP contribution >= 0.6 is 19.8 Å². The molecule has 100 valence electrons. The molecule has 0 aliphatic rings. The number of rotatable bonds is 5. The molecule has 1 atom stereocenters. The van der Waals surface area contributed by atoms with Gasteiger partial charge >= 0.3 is 0 Å². The minimum Gasteiger partial charge on any atom is -0.823 e. The highest BCUT2D eigenvalue weighted by Crippen LogP contribution is 2.36. The van der Waals surface area contributed by atoms with E-state index < -0.39 is 0 Å². The highest BCUT2D eigenvalue weighted by molar-refractivity contribution is 7.41. The third kappa shape index (κ3) is 3.38. The van der Waals surface area contributed by atoms with Crippen LogP contribution in [0.5, 0.6) is 11.5 Å². The Balaban J connectivity index is 3.36. The lowest BCUT2D eigenvalue weighted by Crippen LogP contribution is -2.19. The summed E-state index contributed by atoms with van der Waals surface area (Å²) in [5.41, 5.74) is 0.695. The van der Waals surface area contributed by atoms with E-state index in [0.717, 1.165) is 14.6 Å². The molecule has 3 nitrogen and oxygen atoms in total. The van der Waals surface area contributed by atoms with Crippen LogP contribution in [0.2, 0.25) is 5.02 Å². The van der Waals surface area contributed by atoms with Gasteiger partial charge in [0, 0.05) is 0 Å². The van der Waals surface area contributed by atoms with Crippen LogP contribution in [0.3, 0.4) is 0 Å². The molecule has 1 aromatic carbocycles. The van der Waals surface area contributed by atoms with Gasteiger partial charge in [-0.25, -0.2) is 0 Å². The molecule has 5 heteroatoms. The van der Waals surface area contributed by atoms with Crippen molar-refractivity contribution in [2.45, 2.75) is 25.9 Å². The molecule has 0 N–H and O–H groups in total. The molecule has 0 bridgehead atoms. The van der Waals surface area contributed by atoms with Crippen molar-refractivity contribution in [2.24, 2.45) is 0 Å². The fraction of sp³-hybridized carbons (Fsp3) is 0.462. The van der Waals surface area contributed by atoms with Crippen LogP contribution < -0.4 is 14.6 Å². The monoisotopic (exact) mass is 287 g/mol. The summed E-state index contributed by atoms with van der Waals surface area (Å²) in [6, 6.07) is 3.35. The van der Waals surface area contributed by atoms with Gasteiger partial charge in [0.05, 0.1) is 24.8 Å². The molecule has 0 amide bonds. The normalized spacial score (nSPS) is 13.3. The third-order valence-corrected chi connectivity index (χ3v) is 4.20. The topological polar surface area (TPSA) is 41.5 Å². The first-order valence-electron chi connectivity index (χ1n) is 5.70. The highest BCUT2D eigenvalue weighted by Gasteiger charge is 2.13. The van der Waals surface area contributed by atoms with Crippen molar-refractivity contribution in [2.75, 3.05) is 14.2 Å². The largest absolute Gasteiger partial charge is 0.823 e. The van der Waals surface area contributed by atoms with Crippen LogP contribution in [0, 0.1) is 0 Å². The quantitative estimate of drug-likeness (QED) is 0.782. The Morgan fingerprint density at radius 3 is 2.56 bits per heavy atom. The summed E-state index contributed by atoms with van der Waals surface area (Å²) in [5.74, 6) is 0.883. The average Bonchev–Trinajstić information content (AvgIpc) is 2.37. The summed E-state index contributed by atoms with van der Waals surface area (Å²) in [5, 5.41) is 12.7. The smallest absolute Gasteiger partial charge is 0.147 e. The number of hydrogen-bond acceptors (Lipinski definition) is 3. The fourth-order valence-electron chi connectivity index (χ4n) is 1.47. The number of methoxy groups -OCH3 is 2. The molecular weight excluding hydrogens is 271 g/mol. The maximum absolute atomic E-state index is 12.3. The second-order valence-corrected chi connectivity index (χ2v) is 5.80. The lowest BCUT2D eigenvalue weighted by molar-refractivity contribution is -0.207. The number of hydrogen-bond donors (Lipinski definition) is 0. The van der Waals surface area contributed by atoms with Crippen molar-refractivity contribution < 1.29 is 14.6 Å². The van der Waals surface area contributed by atoms with E-state index in [0.29, 0.717) is 27.7 Å². The van der Waals surface area contributed by atoms with Gasteiger partial charge in [0.25, 0.3) is 0 Å². The molecule has 0 aliphatic heterocycles. The molecule has 1 aromatic rings. The van der Waals surface area contributed by atoms with Gasteiger partial charge in [-0.15, -0.1) is 13.7 Å². The maximum Gasteiger partial charge on any atom is 0.147 e. The van der Waals surface area contributed by atoms with Gasteiger partial charge in [0.2, 0.25) is 0 Å². The minimum atomic E-state index is -0.0273. The SMILES string of the molecule is CCC(C)P=C([O-])c1c(OC)ccc(Cl)c1OC. The van der Waals surface area contributed by atoms with Crippen molar-refractivity contribution in [3.05, 3.63) is 22.7 Å². The first-order valence-corrected chi connectivity index (χ1v) is 7.04. The standard InChI is InChI=1S/C13H18ClO3P/c1-5-8(2)18-13(15)11-10(16-3)7-6-9(14)12(11)17-4/h6-8,15H,5H2,1-4H3/p-1. The molecule has 0 saturated heterocycles. The molecule has 0 aromatic heterocycles. The molecule has 0 heterocycles. The lowest BCUT2D eigenvalue weighted by Gasteiger charge is -2.21. The second-order valence-electron chi connectivity index (χ2n) is 3.85. The molecule has 0 fully saturated rings. The van der Waals surface area contributed by atoms with Crippen molar-refractivity contribution in [1.82, 2.24) is 0 Å². The van der Waals surface area contributed by atoms with Crippen LogP contribution in [0.1, 0.15) is 25.8 Å². The Kier molecular flexibility index (Phi) is 5.94. The van der Waals surface area contributed by atoms with Crippen LogP contribution in [-0.4, -0.2) is 25.4 Å². The molecule has 0 radical (unpaired) electrons. The Bertz CT molecular complexity index is 446. The summed E-state index contributed by atoms with van der Waals surface area (Å²) in [4.78, 5) is 0. The Labute approximate surface area is 114 Å². The third-order valence-electron chi connectivity index (χ3n) is 2.64. The first kappa shape index (κ1) is 15.3. The van der Waals surface area contributed by atoms with Crippen molar-refractivity contribution >= 4 is 25.3 Å². The van der Waals surface area contributed by atoms with Crippen molar-refractivity contribution in [3.63, 3.8) is 0 Å². The highest BCUT2D eigenvalue weighted by atomic mass is 35.5. The molecule has 0 spiro atoms. The number of ether oxygens (including phenoxy) is 2. The van der Waals surface area contributed by atoms with Gasteiger partial charge in [-0.05, 0) is 24.2 Å². The molecule has 0 aliphatic carbocycles. The van der Waals surface area contributed by atoms with Gasteiger partial charge in [-0.1, -0.05) is 25.4 Å². The molecule has 18 heavy (non-hydrogen) atoms. The van der Waals surface area contributed by atoms with E-state index >= 15 is 0 Å². The van der Waals surface area contributed by atoms with Gasteiger partial charge in [0.15, 0.2) is 0 Å². The van der Waals surface area contributed by atoms with Gasteiger partial charge in [0.1, 0.15) is 11.5 Å². The van der Waals surface area contributed by atoms with Crippen molar-refractivity contribution in [1.29, 1.82) is 0 Å². The first-order chi connectivity index (χ1) is 8.54. The Morgan fingerprint density at radius 2 is 2.06 bits per heavy atom. The predicted molar refractivity (Wildman–Crippen MR) is 75.3 cm³/mol. The average molecular weight is 288 g/mol. The van der Waals surface area contributed by atoms with E-state index in [4.69, 9.17) is 21.1 Å². The Hall–Kier alpha value is -0.760. The summed E-state index contributed by atoms with van der Waals surface area (Å²) in [7, 11) is 3.75. The fourth-order valence-corrected chi connectivity index (χ4v) is 2.63. The minimum absolute atomic E-state index is 0.0273. The van der Waals surface area contributed by atoms with Crippen molar-refractivity contribution in [3.8, 4) is 11.5 Å². The van der Waals surface area contributed by atoms with E-state index in [1.54, 1.807) is 12.1 Å². The van der Waals surface area contributed by atoms with E-state index in [1.807, 2.05) is 6.92 Å². The van der Waals surface area contributed by atoms with E-state index in [1.165, 1.54) is 14.2 Å².